The minimum Gasteiger partial charge on any atom is -0.442 e. The molecule has 0 aliphatic carbocycles. The molecule has 0 aromatic heterocycles. The standard InChI is InChI=1S/C16H33NO3Si/c1-11-12-13(2)17(14(18)19-15(3,4)5)20-21(9,10)16(6,7)8/h11,13H,1,12H2,2-10H3. The lowest BCUT2D eigenvalue weighted by atomic mass is 10.2. The van der Waals surface area contributed by atoms with Crippen molar-refractivity contribution in [2.45, 2.75) is 84.7 Å². The first kappa shape index (κ1) is 20.2. The molecule has 0 rings (SSSR count). The Balaban J connectivity index is 5.25. The van der Waals surface area contributed by atoms with Crippen LogP contribution in [-0.4, -0.2) is 31.1 Å². The Morgan fingerprint density at radius 3 is 2.05 bits per heavy atom. The molecule has 0 aromatic rings. The van der Waals surface area contributed by atoms with Crippen molar-refractivity contribution in [3.63, 3.8) is 0 Å². The molecule has 1 atom stereocenters. The van der Waals surface area contributed by atoms with Crippen molar-refractivity contribution in [1.82, 2.24) is 5.06 Å². The summed E-state index contributed by atoms with van der Waals surface area (Å²) in [6.45, 7) is 21.9. The summed E-state index contributed by atoms with van der Waals surface area (Å²) >= 11 is 0. The van der Waals surface area contributed by atoms with Crippen molar-refractivity contribution >= 4 is 14.4 Å². The van der Waals surface area contributed by atoms with E-state index in [9.17, 15) is 4.79 Å². The molecule has 1 amide bonds. The molecule has 0 aliphatic heterocycles. The highest BCUT2D eigenvalue weighted by molar-refractivity contribution is 6.74. The molecule has 0 spiro atoms. The molecule has 0 aromatic carbocycles. The van der Waals surface area contributed by atoms with Gasteiger partial charge in [0.15, 0.2) is 0 Å². The highest BCUT2D eigenvalue weighted by atomic mass is 28.4. The van der Waals surface area contributed by atoms with Gasteiger partial charge >= 0.3 is 6.09 Å². The first-order valence-electron chi connectivity index (χ1n) is 7.53. The number of nitrogens with zero attached hydrogens (tertiary/aromatic N) is 1. The molecule has 0 fully saturated rings. The monoisotopic (exact) mass is 315 g/mol. The number of rotatable bonds is 5. The summed E-state index contributed by atoms with van der Waals surface area (Å²) in [6.07, 6.45) is 2.02. The number of amides is 1. The van der Waals surface area contributed by atoms with Gasteiger partial charge in [-0.3, -0.25) is 0 Å². The third-order valence-electron chi connectivity index (χ3n) is 3.61. The van der Waals surface area contributed by atoms with Crippen molar-refractivity contribution in [3.8, 4) is 0 Å². The molecule has 21 heavy (non-hydrogen) atoms. The van der Waals surface area contributed by atoms with E-state index >= 15 is 0 Å². The lowest BCUT2D eigenvalue weighted by Gasteiger charge is -2.41. The van der Waals surface area contributed by atoms with Crippen LogP contribution in [0.3, 0.4) is 0 Å². The number of hydrogen-bond acceptors (Lipinski definition) is 3. The lowest BCUT2D eigenvalue weighted by Crippen LogP contribution is -2.52. The van der Waals surface area contributed by atoms with Gasteiger partial charge in [0.2, 0.25) is 8.32 Å². The van der Waals surface area contributed by atoms with Gasteiger partial charge in [-0.25, -0.2) is 4.79 Å². The van der Waals surface area contributed by atoms with E-state index in [1.807, 2.05) is 27.7 Å². The number of hydroxylamine groups is 2. The Labute approximate surface area is 131 Å². The smallest absolute Gasteiger partial charge is 0.433 e. The second-order valence-corrected chi connectivity index (χ2v) is 12.7. The van der Waals surface area contributed by atoms with Crippen LogP contribution in [0.2, 0.25) is 18.1 Å². The molecule has 0 bridgehead atoms. The summed E-state index contributed by atoms with van der Waals surface area (Å²) < 4.78 is 11.7. The quantitative estimate of drug-likeness (QED) is 0.401. The zero-order valence-electron chi connectivity index (χ0n) is 15.2. The van der Waals surface area contributed by atoms with Crippen LogP contribution in [0.1, 0.15) is 54.9 Å². The largest absolute Gasteiger partial charge is 0.442 e. The SMILES string of the molecule is C=CCC(C)N(O[Si](C)(C)C(C)(C)C)C(=O)OC(C)(C)C. The molecule has 0 heterocycles. The summed E-state index contributed by atoms with van der Waals surface area (Å²) in [5, 5.41) is 1.42. The second-order valence-electron chi connectivity index (χ2n) is 8.03. The van der Waals surface area contributed by atoms with E-state index in [0.717, 1.165) is 0 Å². The summed E-state index contributed by atoms with van der Waals surface area (Å²) in [6, 6.07) is -0.105. The zero-order valence-corrected chi connectivity index (χ0v) is 16.2. The fourth-order valence-corrected chi connectivity index (χ4v) is 2.35. The molecule has 0 saturated heterocycles. The minimum absolute atomic E-state index is 0.0150. The third kappa shape index (κ3) is 6.65. The average Bonchev–Trinajstić information content (AvgIpc) is 2.21. The van der Waals surface area contributed by atoms with E-state index < -0.39 is 20.0 Å². The van der Waals surface area contributed by atoms with Gasteiger partial charge in [-0.1, -0.05) is 26.8 Å². The predicted octanol–water partition coefficient (Wildman–Crippen LogP) is 5.12. The molecule has 124 valence electrons. The van der Waals surface area contributed by atoms with Gasteiger partial charge in [0, 0.05) is 0 Å². The Morgan fingerprint density at radius 1 is 1.24 bits per heavy atom. The second kappa shape index (κ2) is 6.96. The predicted molar refractivity (Wildman–Crippen MR) is 90.6 cm³/mol. The molecule has 0 saturated carbocycles. The number of hydrogen-bond donors (Lipinski definition) is 0. The lowest BCUT2D eigenvalue weighted by molar-refractivity contribution is -0.102. The third-order valence-corrected chi connectivity index (χ3v) is 7.88. The Bertz CT molecular complexity index is 367. The zero-order chi connectivity index (χ0) is 17.1. The van der Waals surface area contributed by atoms with Crippen LogP contribution in [0.15, 0.2) is 12.7 Å². The van der Waals surface area contributed by atoms with E-state index in [0.29, 0.717) is 6.42 Å². The maximum atomic E-state index is 12.4. The molecule has 5 heteroatoms. The number of carbonyl (C=O) groups is 1. The van der Waals surface area contributed by atoms with Gasteiger partial charge < -0.3 is 9.26 Å². The minimum atomic E-state index is -2.11. The Hall–Kier alpha value is -0.813. The van der Waals surface area contributed by atoms with Crippen LogP contribution in [0.25, 0.3) is 0 Å². The fourth-order valence-electron chi connectivity index (χ4n) is 1.33. The van der Waals surface area contributed by atoms with E-state index in [-0.39, 0.29) is 11.1 Å². The van der Waals surface area contributed by atoms with Crippen LogP contribution in [0, 0.1) is 0 Å². The van der Waals surface area contributed by atoms with Crippen LogP contribution >= 0.6 is 0 Å². The maximum absolute atomic E-state index is 12.4. The van der Waals surface area contributed by atoms with Crippen LogP contribution in [0.4, 0.5) is 4.79 Å². The first-order chi connectivity index (χ1) is 9.21. The molecule has 0 radical (unpaired) electrons. The van der Waals surface area contributed by atoms with Gasteiger partial charge in [-0.05, 0) is 52.2 Å². The van der Waals surface area contributed by atoms with Gasteiger partial charge in [-0.2, -0.15) is 5.06 Å². The van der Waals surface area contributed by atoms with E-state index in [1.54, 1.807) is 6.08 Å². The van der Waals surface area contributed by atoms with Crippen LogP contribution in [-0.2, 0) is 9.26 Å². The molecule has 4 nitrogen and oxygen atoms in total. The average molecular weight is 316 g/mol. The fraction of sp³-hybridized carbons (Fsp3) is 0.812. The topological polar surface area (TPSA) is 38.8 Å². The van der Waals surface area contributed by atoms with Gasteiger partial charge in [-0.15, -0.1) is 6.58 Å². The van der Waals surface area contributed by atoms with Crippen molar-refractivity contribution in [1.29, 1.82) is 0 Å². The number of ether oxygens (including phenoxy) is 1. The van der Waals surface area contributed by atoms with E-state index in [4.69, 9.17) is 9.26 Å². The highest BCUT2D eigenvalue weighted by Gasteiger charge is 2.42. The summed E-state index contributed by atoms with van der Waals surface area (Å²) in [7, 11) is -2.11. The van der Waals surface area contributed by atoms with Crippen molar-refractivity contribution in [3.05, 3.63) is 12.7 Å². The van der Waals surface area contributed by atoms with Gasteiger partial charge in [0.1, 0.15) is 5.60 Å². The molecule has 0 N–H and O–H groups in total. The summed E-state index contributed by atoms with van der Waals surface area (Å²) in [5.74, 6) is 0. The summed E-state index contributed by atoms with van der Waals surface area (Å²) in [5.41, 5.74) is -0.542. The highest BCUT2D eigenvalue weighted by Crippen LogP contribution is 2.37. The number of carbonyl (C=O) groups excluding carboxylic acids is 1. The Morgan fingerprint density at radius 2 is 1.71 bits per heavy atom. The first-order valence-corrected chi connectivity index (χ1v) is 10.4. The Kier molecular flexibility index (Phi) is 6.69. The molecule has 0 aliphatic rings. The van der Waals surface area contributed by atoms with E-state index in [1.165, 1.54) is 5.06 Å². The van der Waals surface area contributed by atoms with Gasteiger partial charge in [0.25, 0.3) is 0 Å². The van der Waals surface area contributed by atoms with Crippen molar-refractivity contribution in [2.24, 2.45) is 0 Å². The van der Waals surface area contributed by atoms with Crippen molar-refractivity contribution in [2.75, 3.05) is 0 Å². The molecular weight excluding hydrogens is 282 g/mol. The normalized spacial score (nSPS) is 14.5. The van der Waals surface area contributed by atoms with Crippen LogP contribution in [0.5, 0.6) is 0 Å². The van der Waals surface area contributed by atoms with Crippen LogP contribution < -0.4 is 0 Å². The van der Waals surface area contributed by atoms with Gasteiger partial charge in [0.05, 0.1) is 6.04 Å². The van der Waals surface area contributed by atoms with E-state index in [2.05, 4.69) is 40.4 Å². The molecule has 1 unspecified atom stereocenters. The van der Waals surface area contributed by atoms with Crippen molar-refractivity contribution < 1.29 is 14.1 Å². The summed E-state index contributed by atoms with van der Waals surface area (Å²) in [4.78, 5) is 12.4. The molecular formula is C16H33NO3Si. The maximum Gasteiger partial charge on any atom is 0.433 e.